The van der Waals surface area contributed by atoms with Gasteiger partial charge in [0.15, 0.2) is 5.02 Å². The van der Waals surface area contributed by atoms with Crippen molar-refractivity contribution >= 4 is 29.2 Å². The van der Waals surface area contributed by atoms with Crippen molar-refractivity contribution in [1.29, 1.82) is 0 Å². The molecule has 1 rings (SSSR count). The van der Waals surface area contributed by atoms with Crippen LogP contribution >= 0.6 is 11.6 Å². The lowest BCUT2D eigenvalue weighted by molar-refractivity contribution is -0.384. The molecule has 0 saturated heterocycles. The molecule has 8 nitrogen and oxygen atoms in total. The monoisotopic (exact) mass is 330 g/mol. The molecule has 0 aliphatic rings. The van der Waals surface area contributed by atoms with Gasteiger partial charge in [0.25, 0.3) is 5.69 Å². The van der Waals surface area contributed by atoms with Crippen LogP contribution in [0.4, 0.5) is 5.69 Å². The number of hydrogen-bond donors (Lipinski definition) is 1. The minimum absolute atomic E-state index is 0.0338. The number of halogens is 1. The van der Waals surface area contributed by atoms with E-state index >= 15 is 0 Å². The Kier molecular flexibility index (Phi) is 6.58. The van der Waals surface area contributed by atoms with Crippen molar-refractivity contribution in [1.82, 2.24) is 0 Å². The zero-order valence-electron chi connectivity index (χ0n) is 11.8. The van der Waals surface area contributed by atoms with Gasteiger partial charge in [-0.15, -0.1) is 0 Å². The molecule has 120 valence electrons. The van der Waals surface area contributed by atoms with Crippen LogP contribution in [0.1, 0.15) is 30.1 Å². The van der Waals surface area contributed by atoms with Gasteiger partial charge in [-0.05, 0) is 19.4 Å². The van der Waals surface area contributed by atoms with Crippen LogP contribution in [-0.4, -0.2) is 30.0 Å². The van der Waals surface area contributed by atoms with Crippen LogP contribution in [0, 0.1) is 10.1 Å². The van der Waals surface area contributed by atoms with Crippen LogP contribution in [0.5, 0.6) is 5.75 Å². The molecule has 22 heavy (non-hydrogen) atoms. The molecule has 1 amide bonds. The molecule has 2 N–H and O–H groups in total. The van der Waals surface area contributed by atoms with Crippen LogP contribution < -0.4 is 10.5 Å². The van der Waals surface area contributed by atoms with Gasteiger partial charge in [-0.1, -0.05) is 11.6 Å². The lowest BCUT2D eigenvalue weighted by Crippen LogP contribution is -2.12. The minimum atomic E-state index is -0.837. The van der Waals surface area contributed by atoms with Crippen LogP contribution in [-0.2, 0) is 9.53 Å². The van der Waals surface area contributed by atoms with Crippen LogP contribution in [0.15, 0.2) is 12.1 Å². The first-order chi connectivity index (χ1) is 10.4. The molecular weight excluding hydrogens is 316 g/mol. The highest BCUT2D eigenvalue weighted by atomic mass is 35.5. The summed E-state index contributed by atoms with van der Waals surface area (Å²) in [6, 6.07) is 2.21. The van der Waals surface area contributed by atoms with E-state index in [1.54, 1.807) is 6.92 Å². The number of nitro groups is 1. The number of benzene rings is 1. The summed E-state index contributed by atoms with van der Waals surface area (Å²) in [5.74, 6) is -1.24. The first-order valence-electron chi connectivity index (χ1n) is 6.43. The topological polar surface area (TPSA) is 122 Å². The van der Waals surface area contributed by atoms with Crippen molar-refractivity contribution in [3.05, 3.63) is 32.8 Å². The van der Waals surface area contributed by atoms with E-state index in [-0.39, 0.29) is 35.3 Å². The maximum absolute atomic E-state index is 11.2. The molecule has 0 atom stereocenters. The molecule has 1 aromatic rings. The number of nitro benzene ring substituents is 1. The standard InChI is InChI=1S/C13H15ClN2O6/c1-2-21-11(17)4-3-5-22-10-7-8(13(15)18)6-9(12(10)14)16(19)20/h6-7H,2-5H2,1H3,(H2,15,18). The Hall–Kier alpha value is -2.35. The highest BCUT2D eigenvalue weighted by Gasteiger charge is 2.21. The maximum Gasteiger partial charge on any atom is 0.305 e. The normalized spacial score (nSPS) is 10.1. The smallest absolute Gasteiger partial charge is 0.305 e. The Labute approximate surface area is 131 Å². The van der Waals surface area contributed by atoms with Gasteiger partial charge < -0.3 is 15.2 Å². The van der Waals surface area contributed by atoms with Gasteiger partial charge in [0.2, 0.25) is 5.91 Å². The number of ether oxygens (including phenoxy) is 2. The Bertz CT molecular complexity index is 590. The summed E-state index contributed by atoms with van der Waals surface area (Å²) in [6.07, 6.45) is 0.479. The molecule has 0 aromatic heterocycles. The number of amides is 1. The number of esters is 1. The van der Waals surface area contributed by atoms with Gasteiger partial charge in [-0.3, -0.25) is 19.7 Å². The highest BCUT2D eigenvalue weighted by Crippen LogP contribution is 2.35. The molecule has 0 heterocycles. The summed E-state index contributed by atoms with van der Waals surface area (Å²) >= 11 is 5.86. The van der Waals surface area contributed by atoms with Crippen molar-refractivity contribution < 1.29 is 24.0 Å². The fraction of sp³-hybridized carbons (Fsp3) is 0.385. The fourth-order valence-electron chi connectivity index (χ4n) is 1.60. The summed E-state index contributed by atoms with van der Waals surface area (Å²) in [5.41, 5.74) is 4.55. The lowest BCUT2D eigenvalue weighted by atomic mass is 10.2. The van der Waals surface area contributed by atoms with E-state index in [1.165, 1.54) is 6.07 Å². The van der Waals surface area contributed by atoms with E-state index in [4.69, 9.17) is 26.8 Å². The second kappa shape index (κ2) is 8.18. The number of carbonyl (C=O) groups is 2. The van der Waals surface area contributed by atoms with Gasteiger partial charge in [0.05, 0.1) is 18.1 Å². The van der Waals surface area contributed by atoms with E-state index < -0.39 is 16.5 Å². The summed E-state index contributed by atoms with van der Waals surface area (Å²) in [5, 5.41) is 10.7. The third-order valence-corrected chi connectivity index (χ3v) is 2.97. The van der Waals surface area contributed by atoms with E-state index in [9.17, 15) is 19.7 Å². The fourth-order valence-corrected chi connectivity index (χ4v) is 1.83. The third-order valence-electron chi connectivity index (χ3n) is 2.59. The number of primary amides is 1. The molecule has 0 aliphatic carbocycles. The molecule has 0 spiro atoms. The van der Waals surface area contributed by atoms with Crippen molar-refractivity contribution in [3.8, 4) is 5.75 Å². The first-order valence-corrected chi connectivity index (χ1v) is 6.80. The maximum atomic E-state index is 11.2. The largest absolute Gasteiger partial charge is 0.492 e. The SMILES string of the molecule is CCOC(=O)CCCOc1cc(C(N)=O)cc([N+](=O)[O-])c1Cl. The van der Waals surface area contributed by atoms with Crippen LogP contribution in [0.25, 0.3) is 0 Å². The molecule has 0 radical (unpaired) electrons. The van der Waals surface area contributed by atoms with E-state index in [1.807, 2.05) is 0 Å². The van der Waals surface area contributed by atoms with E-state index in [0.29, 0.717) is 13.0 Å². The minimum Gasteiger partial charge on any atom is -0.492 e. The number of nitrogens with two attached hydrogens (primary N) is 1. The second-order valence-corrected chi connectivity index (χ2v) is 4.56. The average molecular weight is 331 g/mol. The molecule has 0 unspecified atom stereocenters. The zero-order chi connectivity index (χ0) is 16.7. The highest BCUT2D eigenvalue weighted by molar-refractivity contribution is 6.34. The number of hydrogen-bond acceptors (Lipinski definition) is 6. The number of rotatable bonds is 8. The Morgan fingerprint density at radius 1 is 1.41 bits per heavy atom. The average Bonchev–Trinajstić information content (AvgIpc) is 2.44. The predicted molar refractivity (Wildman–Crippen MR) is 78.0 cm³/mol. The molecular formula is C13H15ClN2O6. The zero-order valence-corrected chi connectivity index (χ0v) is 12.6. The summed E-state index contributed by atoms with van der Waals surface area (Å²) in [6.45, 7) is 2.07. The van der Waals surface area contributed by atoms with Crippen LogP contribution in [0.2, 0.25) is 5.02 Å². The van der Waals surface area contributed by atoms with E-state index in [2.05, 4.69) is 0 Å². The summed E-state index contributed by atoms with van der Waals surface area (Å²) in [4.78, 5) is 32.5. The third kappa shape index (κ3) is 4.88. The van der Waals surface area contributed by atoms with Gasteiger partial charge in [0.1, 0.15) is 5.75 Å². The molecule has 0 saturated carbocycles. The van der Waals surface area contributed by atoms with Crippen LogP contribution in [0.3, 0.4) is 0 Å². The summed E-state index contributed by atoms with van der Waals surface area (Å²) < 4.78 is 10.0. The van der Waals surface area contributed by atoms with Crippen molar-refractivity contribution in [2.45, 2.75) is 19.8 Å². The van der Waals surface area contributed by atoms with Crippen molar-refractivity contribution in [2.75, 3.05) is 13.2 Å². The van der Waals surface area contributed by atoms with Gasteiger partial charge in [-0.25, -0.2) is 0 Å². The number of nitrogens with zero attached hydrogens (tertiary/aromatic N) is 1. The predicted octanol–water partition coefficient (Wildman–Crippen LogP) is 2.07. The Morgan fingerprint density at radius 3 is 2.64 bits per heavy atom. The van der Waals surface area contributed by atoms with Gasteiger partial charge >= 0.3 is 5.97 Å². The molecule has 0 aliphatic heterocycles. The first kappa shape index (κ1) is 17.7. The van der Waals surface area contributed by atoms with Gasteiger partial charge in [0, 0.05) is 18.1 Å². The quantitative estimate of drug-likeness (QED) is 0.337. The molecule has 0 bridgehead atoms. The summed E-state index contributed by atoms with van der Waals surface area (Å²) in [7, 11) is 0. The molecule has 9 heteroatoms. The molecule has 1 aromatic carbocycles. The van der Waals surface area contributed by atoms with Gasteiger partial charge in [-0.2, -0.15) is 0 Å². The molecule has 0 fully saturated rings. The lowest BCUT2D eigenvalue weighted by Gasteiger charge is -2.09. The second-order valence-electron chi connectivity index (χ2n) is 4.19. The Morgan fingerprint density at radius 2 is 2.09 bits per heavy atom. The Balaban J connectivity index is 2.79. The van der Waals surface area contributed by atoms with E-state index in [0.717, 1.165) is 6.07 Å². The van der Waals surface area contributed by atoms with Crippen molar-refractivity contribution in [2.24, 2.45) is 5.73 Å². The van der Waals surface area contributed by atoms with Crippen molar-refractivity contribution in [3.63, 3.8) is 0 Å². The number of carbonyl (C=O) groups excluding carboxylic acids is 2.